The van der Waals surface area contributed by atoms with Gasteiger partial charge in [-0.25, -0.2) is 0 Å². The minimum Gasteiger partial charge on any atom is -0.317 e. The zero-order valence-corrected chi connectivity index (χ0v) is 12.7. The van der Waals surface area contributed by atoms with Crippen LogP contribution >= 0.6 is 11.8 Å². The van der Waals surface area contributed by atoms with Crippen LogP contribution in [0, 0.1) is 5.92 Å². The molecular formula is C14H24N4S. The van der Waals surface area contributed by atoms with E-state index in [1.54, 1.807) is 0 Å². The molecule has 1 N–H and O–H groups in total. The van der Waals surface area contributed by atoms with E-state index in [4.69, 9.17) is 0 Å². The first-order chi connectivity index (χ1) is 9.29. The van der Waals surface area contributed by atoms with Gasteiger partial charge in [-0.05, 0) is 38.6 Å². The van der Waals surface area contributed by atoms with Crippen molar-refractivity contribution in [3.63, 3.8) is 0 Å². The fourth-order valence-electron chi connectivity index (χ4n) is 3.38. The van der Waals surface area contributed by atoms with Gasteiger partial charge < -0.3 is 9.88 Å². The third kappa shape index (κ3) is 2.68. The van der Waals surface area contributed by atoms with Crippen molar-refractivity contribution < 1.29 is 0 Å². The zero-order chi connectivity index (χ0) is 13.2. The van der Waals surface area contributed by atoms with Gasteiger partial charge in [0.15, 0.2) is 5.16 Å². The third-order valence-corrected chi connectivity index (χ3v) is 6.17. The van der Waals surface area contributed by atoms with E-state index >= 15 is 0 Å². The van der Waals surface area contributed by atoms with Gasteiger partial charge in [0, 0.05) is 24.3 Å². The monoisotopic (exact) mass is 280 g/mol. The molecule has 1 aromatic heterocycles. The van der Waals surface area contributed by atoms with Crippen LogP contribution in [0.3, 0.4) is 0 Å². The molecule has 0 radical (unpaired) electrons. The fraction of sp³-hybridized carbons (Fsp3) is 0.857. The smallest absolute Gasteiger partial charge is 0.191 e. The lowest BCUT2D eigenvalue weighted by Gasteiger charge is -2.19. The van der Waals surface area contributed by atoms with Crippen LogP contribution in [0.4, 0.5) is 0 Å². The Morgan fingerprint density at radius 3 is 2.89 bits per heavy atom. The van der Waals surface area contributed by atoms with Crippen molar-refractivity contribution in [2.45, 2.75) is 68.4 Å². The Balaban J connectivity index is 1.72. The van der Waals surface area contributed by atoms with Crippen molar-refractivity contribution >= 4 is 11.8 Å². The minimum atomic E-state index is 0.670. The summed E-state index contributed by atoms with van der Waals surface area (Å²) in [6, 6.07) is 0.670. The molecule has 19 heavy (non-hydrogen) atoms. The van der Waals surface area contributed by atoms with Crippen molar-refractivity contribution in [1.29, 1.82) is 0 Å². The van der Waals surface area contributed by atoms with Gasteiger partial charge in [-0.1, -0.05) is 25.1 Å². The summed E-state index contributed by atoms with van der Waals surface area (Å²) in [4.78, 5) is 0. The summed E-state index contributed by atoms with van der Waals surface area (Å²) in [7, 11) is 2.08. The predicted molar refractivity (Wildman–Crippen MR) is 78.5 cm³/mol. The highest BCUT2D eigenvalue weighted by molar-refractivity contribution is 7.99. The van der Waals surface area contributed by atoms with Crippen molar-refractivity contribution in [3.05, 3.63) is 5.82 Å². The Kier molecular flexibility index (Phi) is 4.12. The van der Waals surface area contributed by atoms with E-state index in [2.05, 4.69) is 34.1 Å². The number of hydrogen-bond acceptors (Lipinski definition) is 4. The molecule has 1 aromatic rings. The molecule has 0 spiro atoms. The van der Waals surface area contributed by atoms with Crippen LogP contribution in [0.25, 0.3) is 0 Å². The second-order valence-corrected chi connectivity index (χ2v) is 7.06. The lowest BCUT2D eigenvalue weighted by molar-refractivity contribution is 0.463. The highest BCUT2D eigenvalue weighted by Gasteiger charge is 2.33. The van der Waals surface area contributed by atoms with E-state index < -0.39 is 0 Å². The average molecular weight is 280 g/mol. The van der Waals surface area contributed by atoms with Gasteiger partial charge in [-0.15, -0.1) is 10.2 Å². The van der Waals surface area contributed by atoms with Crippen LogP contribution in [-0.4, -0.2) is 33.1 Å². The lowest BCUT2D eigenvalue weighted by atomic mass is 10.1. The number of rotatable bonds is 3. The van der Waals surface area contributed by atoms with Crippen LogP contribution in [-0.2, 0) is 13.0 Å². The normalized spacial score (nSPS) is 31.2. The molecule has 3 rings (SSSR count). The second kappa shape index (κ2) is 5.83. The molecular weight excluding hydrogens is 256 g/mol. The first-order valence-electron chi connectivity index (χ1n) is 7.55. The van der Waals surface area contributed by atoms with E-state index in [9.17, 15) is 0 Å². The van der Waals surface area contributed by atoms with Crippen LogP contribution in [0.15, 0.2) is 5.16 Å². The van der Waals surface area contributed by atoms with Gasteiger partial charge >= 0.3 is 0 Å². The van der Waals surface area contributed by atoms with Gasteiger partial charge in [0.05, 0.1) is 0 Å². The predicted octanol–water partition coefficient (Wildman–Crippen LogP) is 2.48. The summed E-state index contributed by atoms with van der Waals surface area (Å²) >= 11 is 1.96. The molecule has 0 aromatic carbocycles. The summed E-state index contributed by atoms with van der Waals surface area (Å²) in [5, 5.41) is 14.1. The quantitative estimate of drug-likeness (QED) is 0.924. The molecule has 1 aliphatic heterocycles. The van der Waals surface area contributed by atoms with Gasteiger partial charge in [-0.3, -0.25) is 0 Å². The summed E-state index contributed by atoms with van der Waals surface area (Å²) < 4.78 is 2.37. The number of fused-ring (bicyclic) bond motifs is 1. The molecule has 1 saturated carbocycles. The standard InChI is InChI=1S/C14H24N4S/c1-10-11(15-2)7-8-12(10)19-14-17-16-13-6-4-3-5-9-18(13)14/h10-12,15H,3-9H2,1-2H3. The van der Waals surface area contributed by atoms with E-state index in [0.717, 1.165) is 18.1 Å². The molecule has 106 valence electrons. The third-order valence-electron chi connectivity index (χ3n) is 4.69. The Labute approximate surface area is 119 Å². The molecule has 1 fully saturated rings. The Bertz CT molecular complexity index is 431. The first-order valence-corrected chi connectivity index (χ1v) is 8.43. The maximum Gasteiger partial charge on any atom is 0.191 e. The highest BCUT2D eigenvalue weighted by atomic mass is 32.2. The molecule has 1 aliphatic carbocycles. The van der Waals surface area contributed by atoms with Gasteiger partial charge in [0.25, 0.3) is 0 Å². The van der Waals surface area contributed by atoms with Crippen molar-refractivity contribution in [1.82, 2.24) is 20.1 Å². The summed E-state index contributed by atoms with van der Waals surface area (Å²) in [6.45, 7) is 3.48. The highest BCUT2D eigenvalue weighted by Crippen LogP contribution is 2.38. The number of hydrogen-bond donors (Lipinski definition) is 1. The van der Waals surface area contributed by atoms with Crippen LogP contribution in [0.1, 0.15) is 44.9 Å². The molecule has 0 saturated heterocycles. The summed E-state index contributed by atoms with van der Waals surface area (Å²) in [6.07, 6.45) is 7.56. The average Bonchev–Trinajstić information content (AvgIpc) is 2.86. The fourth-order valence-corrected chi connectivity index (χ4v) is 4.72. The summed E-state index contributed by atoms with van der Waals surface area (Å²) in [5.74, 6) is 1.92. The van der Waals surface area contributed by atoms with E-state index in [0.29, 0.717) is 17.2 Å². The topological polar surface area (TPSA) is 42.7 Å². The second-order valence-electron chi connectivity index (χ2n) is 5.85. The number of aryl methyl sites for hydroxylation is 1. The molecule has 5 heteroatoms. The van der Waals surface area contributed by atoms with Gasteiger partial charge in [0.2, 0.25) is 0 Å². The van der Waals surface area contributed by atoms with Crippen LogP contribution in [0.5, 0.6) is 0 Å². The molecule has 0 bridgehead atoms. The Morgan fingerprint density at radius 1 is 1.21 bits per heavy atom. The largest absolute Gasteiger partial charge is 0.317 e. The van der Waals surface area contributed by atoms with Crippen molar-refractivity contribution in [2.75, 3.05) is 7.05 Å². The van der Waals surface area contributed by atoms with Gasteiger partial charge in [0.1, 0.15) is 5.82 Å². The molecule has 3 unspecified atom stereocenters. The van der Waals surface area contributed by atoms with Crippen LogP contribution < -0.4 is 5.32 Å². The maximum absolute atomic E-state index is 4.44. The molecule has 3 atom stereocenters. The maximum atomic E-state index is 4.44. The van der Waals surface area contributed by atoms with Crippen molar-refractivity contribution in [2.24, 2.45) is 5.92 Å². The molecule has 2 aliphatic rings. The lowest BCUT2D eigenvalue weighted by Crippen LogP contribution is -2.30. The van der Waals surface area contributed by atoms with E-state index in [-0.39, 0.29) is 0 Å². The van der Waals surface area contributed by atoms with Gasteiger partial charge in [-0.2, -0.15) is 0 Å². The summed E-state index contributed by atoms with van der Waals surface area (Å²) in [5.41, 5.74) is 0. The number of thioether (sulfide) groups is 1. The molecule has 4 nitrogen and oxygen atoms in total. The first kappa shape index (κ1) is 13.4. The Hall–Kier alpha value is -0.550. The number of nitrogens with one attached hydrogen (secondary N) is 1. The Morgan fingerprint density at radius 2 is 2.11 bits per heavy atom. The number of nitrogens with zero attached hydrogens (tertiary/aromatic N) is 3. The molecule has 2 heterocycles. The van der Waals surface area contributed by atoms with Crippen molar-refractivity contribution in [3.8, 4) is 0 Å². The van der Waals surface area contributed by atoms with Crippen LogP contribution in [0.2, 0.25) is 0 Å². The molecule has 0 amide bonds. The number of aromatic nitrogens is 3. The SMILES string of the molecule is CNC1CCC(Sc2nnc3n2CCCCC3)C1C. The minimum absolute atomic E-state index is 0.670. The van der Waals surface area contributed by atoms with E-state index in [1.165, 1.54) is 37.9 Å². The van der Waals surface area contributed by atoms with E-state index in [1.807, 2.05) is 11.8 Å². The zero-order valence-electron chi connectivity index (χ0n) is 11.9.